The van der Waals surface area contributed by atoms with E-state index < -0.39 is 35.8 Å². The van der Waals surface area contributed by atoms with Gasteiger partial charge in [-0.2, -0.15) is 13.2 Å². The molecule has 1 amide bonds. The molecular weight excluding hydrogens is 345 g/mol. The number of carbonyl (C=O) groups is 1. The number of rotatable bonds is 4. The smallest absolute Gasteiger partial charge is 0.348 e. The normalized spacial score (nSPS) is 12.7. The first-order valence-corrected chi connectivity index (χ1v) is 7.38. The van der Waals surface area contributed by atoms with Gasteiger partial charge in [-0.1, -0.05) is 29.8 Å². The van der Waals surface area contributed by atoms with E-state index in [1.54, 1.807) is 31.2 Å². The molecule has 1 aromatic heterocycles. The molecule has 0 bridgehead atoms. The minimum absolute atomic E-state index is 0.451. The molecule has 0 fully saturated rings. The molecule has 2 aromatic rings. The van der Waals surface area contributed by atoms with Crippen molar-refractivity contribution in [2.75, 3.05) is 0 Å². The van der Waals surface area contributed by atoms with Crippen molar-refractivity contribution in [1.29, 1.82) is 0 Å². The minimum atomic E-state index is -4.59. The molecule has 8 heteroatoms. The summed E-state index contributed by atoms with van der Waals surface area (Å²) in [5.41, 5.74) is -1.01. The van der Waals surface area contributed by atoms with Crippen molar-refractivity contribution in [3.63, 3.8) is 0 Å². The van der Waals surface area contributed by atoms with Gasteiger partial charge < -0.3 is 9.88 Å². The summed E-state index contributed by atoms with van der Waals surface area (Å²) >= 11 is 6.03. The number of nitrogens with zero attached hydrogens (tertiary/aromatic N) is 1. The monoisotopic (exact) mass is 358 g/mol. The molecule has 0 saturated carbocycles. The summed E-state index contributed by atoms with van der Waals surface area (Å²) in [5, 5.41) is 3.07. The van der Waals surface area contributed by atoms with Crippen molar-refractivity contribution >= 4 is 17.5 Å². The molecule has 4 nitrogen and oxygen atoms in total. The van der Waals surface area contributed by atoms with Crippen LogP contribution in [0.5, 0.6) is 0 Å². The molecule has 1 unspecified atom stereocenters. The van der Waals surface area contributed by atoms with Crippen molar-refractivity contribution in [3.05, 3.63) is 69.1 Å². The molecule has 0 spiro atoms. The molecule has 0 aliphatic carbocycles. The topological polar surface area (TPSA) is 51.1 Å². The van der Waals surface area contributed by atoms with Crippen LogP contribution in [0.2, 0.25) is 5.02 Å². The van der Waals surface area contributed by atoms with Gasteiger partial charge in [-0.3, -0.25) is 9.59 Å². The minimum Gasteiger partial charge on any atom is -0.348 e. The van der Waals surface area contributed by atoms with Crippen molar-refractivity contribution < 1.29 is 18.0 Å². The van der Waals surface area contributed by atoms with Crippen LogP contribution >= 0.6 is 11.6 Å². The maximum absolute atomic E-state index is 12.7. The lowest BCUT2D eigenvalue weighted by atomic mass is 10.1. The van der Waals surface area contributed by atoms with Crippen LogP contribution in [-0.2, 0) is 17.5 Å². The molecule has 0 aliphatic heterocycles. The van der Waals surface area contributed by atoms with E-state index in [-0.39, 0.29) is 0 Å². The van der Waals surface area contributed by atoms with Crippen LogP contribution in [0.3, 0.4) is 0 Å². The summed E-state index contributed by atoms with van der Waals surface area (Å²) in [6.07, 6.45) is -3.96. The molecule has 0 radical (unpaired) electrons. The van der Waals surface area contributed by atoms with Gasteiger partial charge in [0.25, 0.3) is 5.56 Å². The van der Waals surface area contributed by atoms with Gasteiger partial charge in [0, 0.05) is 17.3 Å². The summed E-state index contributed by atoms with van der Waals surface area (Å²) in [5.74, 6) is -0.594. The fourth-order valence-electron chi connectivity index (χ4n) is 2.17. The zero-order valence-electron chi connectivity index (χ0n) is 12.6. The number of benzene rings is 1. The highest BCUT2D eigenvalue weighted by molar-refractivity contribution is 6.31. The van der Waals surface area contributed by atoms with Crippen LogP contribution in [-0.4, -0.2) is 10.5 Å². The fourth-order valence-corrected chi connectivity index (χ4v) is 2.47. The molecule has 128 valence electrons. The molecule has 1 N–H and O–H groups in total. The third-order valence-corrected chi connectivity index (χ3v) is 3.72. The Hall–Kier alpha value is -2.28. The van der Waals surface area contributed by atoms with Gasteiger partial charge in [0.05, 0.1) is 11.6 Å². The van der Waals surface area contributed by atoms with Crippen molar-refractivity contribution in [2.24, 2.45) is 0 Å². The number of hydrogen-bond donors (Lipinski definition) is 1. The highest BCUT2D eigenvalue weighted by Crippen LogP contribution is 2.28. The average Bonchev–Trinajstić information content (AvgIpc) is 2.48. The molecule has 1 heterocycles. The number of halogens is 4. The van der Waals surface area contributed by atoms with E-state index in [4.69, 9.17) is 11.6 Å². The maximum Gasteiger partial charge on any atom is 0.417 e. The van der Waals surface area contributed by atoms with Gasteiger partial charge in [-0.05, 0) is 24.6 Å². The Balaban J connectivity index is 2.13. The van der Waals surface area contributed by atoms with E-state index in [1.807, 2.05) is 0 Å². The second kappa shape index (κ2) is 7.09. The number of aromatic nitrogens is 1. The molecule has 1 aromatic carbocycles. The highest BCUT2D eigenvalue weighted by Gasteiger charge is 2.31. The second-order valence-corrected chi connectivity index (χ2v) is 5.60. The molecular formula is C16H14ClF3N2O2. The van der Waals surface area contributed by atoms with Gasteiger partial charge >= 0.3 is 6.18 Å². The van der Waals surface area contributed by atoms with Crippen molar-refractivity contribution in [3.8, 4) is 0 Å². The van der Waals surface area contributed by atoms with Crippen LogP contribution in [0, 0.1) is 0 Å². The van der Waals surface area contributed by atoms with E-state index in [0.717, 1.165) is 10.6 Å². The Morgan fingerprint density at radius 3 is 2.54 bits per heavy atom. The lowest BCUT2D eigenvalue weighted by Crippen LogP contribution is -2.34. The zero-order chi connectivity index (χ0) is 17.9. The quantitative estimate of drug-likeness (QED) is 0.910. The van der Waals surface area contributed by atoms with E-state index in [2.05, 4.69) is 5.32 Å². The van der Waals surface area contributed by atoms with Crippen molar-refractivity contribution in [2.45, 2.75) is 25.7 Å². The van der Waals surface area contributed by atoms with Crippen LogP contribution in [0.25, 0.3) is 0 Å². The lowest BCUT2D eigenvalue weighted by molar-refractivity contribution is -0.138. The second-order valence-electron chi connectivity index (χ2n) is 5.19. The van der Waals surface area contributed by atoms with E-state index in [9.17, 15) is 22.8 Å². The number of carbonyl (C=O) groups excluding carboxylic acids is 1. The van der Waals surface area contributed by atoms with Gasteiger partial charge in [0.15, 0.2) is 0 Å². The van der Waals surface area contributed by atoms with Gasteiger partial charge in [0.2, 0.25) is 5.91 Å². The Morgan fingerprint density at radius 2 is 1.92 bits per heavy atom. The van der Waals surface area contributed by atoms with Crippen LogP contribution in [0.15, 0.2) is 47.4 Å². The lowest BCUT2D eigenvalue weighted by Gasteiger charge is -2.16. The van der Waals surface area contributed by atoms with E-state index in [0.29, 0.717) is 22.8 Å². The third kappa shape index (κ3) is 4.38. The number of hydrogen-bond acceptors (Lipinski definition) is 2. The highest BCUT2D eigenvalue weighted by atomic mass is 35.5. The summed E-state index contributed by atoms with van der Waals surface area (Å²) in [4.78, 5) is 23.7. The summed E-state index contributed by atoms with van der Waals surface area (Å²) in [6.45, 7) is 1.17. The van der Waals surface area contributed by atoms with E-state index >= 15 is 0 Å². The Morgan fingerprint density at radius 1 is 1.25 bits per heavy atom. The molecule has 2 rings (SSSR count). The molecule has 24 heavy (non-hydrogen) atoms. The first kappa shape index (κ1) is 18.1. The summed E-state index contributed by atoms with van der Waals surface area (Å²) in [6, 6.07) is 7.90. The Bertz CT molecular complexity index is 802. The molecule has 0 aliphatic rings. The zero-order valence-corrected chi connectivity index (χ0v) is 13.4. The number of amides is 1. The predicted octanol–water partition coefficient (Wildman–Crippen LogP) is 3.40. The Labute approximate surface area is 140 Å². The maximum atomic E-state index is 12.7. The number of alkyl halides is 3. The SMILES string of the molecule is CC(NC(=O)Cn1cc(C(F)(F)F)ccc1=O)c1ccccc1Cl. The molecule has 1 atom stereocenters. The van der Waals surface area contributed by atoms with Gasteiger partial charge in [0.1, 0.15) is 6.54 Å². The standard InChI is InChI=1S/C16H14ClF3N2O2/c1-10(12-4-2-3-5-13(12)17)21-14(23)9-22-8-11(16(18,19)20)6-7-15(22)24/h2-8,10H,9H2,1H3,(H,21,23). The third-order valence-electron chi connectivity index (χ3n) is 3.37. The van der Waals surface area contributed by atoms with Crippen molar-refractivity contribution in [1.82, 2.24) is 9.88 Å². The van der Waals surface area contributed by atoms with Crippen LogP contribution in [0.1, 0.15) is 24.1 Å². The first-order chi connectivity index (χ1) is 11.2. The largest absolute Gasteiger partial charge is 0.417 e. The van der Waals surface area contributed by atoms with E-state index in [1.165, 1.54) is 0 Å². The average molecular weight is 359 g/mol. The van der Waals surface area contributed by atoms with Crippen LogP contribution < -0.4 is 10.9 Å². The number of nitrogens with one attached hydrogen (secondary N) is 1. The van der Waals surface area contributed by atoms with Gasteiger partial charge in [-0.15, -0.1) is 0 Å². The fraction of sp³-hybridized carbons (Fsp3) is 0.250. The molecule has 0 saturated heterocycles. The first-order valence-electron chi connectivity index (χ1n) is 7.00. The van der Waals surface area contributed by atoms with Crippen LogP contribution in [0.4, 0.5) is 13.2 Å². The predicted molar refractivity (Wildman–Crippen MR) is 83.7 cm³/mol. The van der Waals surface area contributed by atoms with Gasteiger partial charge in [-0.25, -0.2) is 0 Å². The number of pyridine rings is 1. The summed E-state index contributed by atoms with van der Waals surface area (Å²) in [7, 11) is 0. The summed E-state index contributed by atoms with van der Waals surface area (Å²) < 4.78 is 38.8. The Kier molecular flexibility index (Phi) is 5.33.